The van der Waals surface area contributed by atoms with Crippen molar-refractivity contribution in [3.8, 4) is 0 Å². The second-order valence-electron chi connectivity index (χ2n) is 3.18. The summed E-state index contributed by atoms with van der Waals surface area (Å²) < 4.78 is 21.2. The van der Waals surface area contributed by atoms with E-state index in [1.165, 1.54) is 0 Å². The van der Waals surface area contributed by atoms with Crippen molar-refractivity contribution in [3.63, 3.8) is 0 Å². The molecule has 0 fully saturated rings. The van der Waals surface area contributed by atoms with E-state index in [1.807, 2.05) is 19.9 Å². The van der Waals surface area contributed by atoms with Crippen LogP contribution in [-0.4, -0.2) is 27.8 Å². The minimum Gasteiger partial charge on any atom is -0.472 e. The highest BCUT2D eigenvalue weighted by atomic mass is 79.9. The Bertz CT molecular complexity index is 291. The van der Waals surface area contributed by atoms with Crippen LogP contribution in [0.5, 0.6) is 0 Å². The molecule has 98 valence electrons. The van der Waals surface area contributed by atoms with Gasteiger partial charge in [0.2, 0.25) is 0 Å². The summed E-state index contributed by atoms with van der Waals surface area (Å²) >= 11 is 3.34. The molecule has 0 spiro atoms. The van der Waals surface area contributed by atoms with Gasteiger partial charge >= 0.3 is 0 Å². The van der Waals surface area contributed by atoms with Crippen molar-refractivity contribution in [2.75, 3.05) is 27.8 Å². The molecular weight excluding hydrogens is 288 g/mol. The monoisotopic (exact) mass is 306 g/mol. The number of methoxy groups -OCH3 is 2. The minimum absolute atomic E-state index is 0.203. The van der Waals surface area contributed by atoms with Crippen LogP contribution in [0.4, 0.5) is 0 Å². The van der Waals surface area contributed by atoms with Crippen LogP contribution in [0.25, 0.3) is 0 Å². The van der Waals surface area contributed by atoms with E-state index < -0.39 is 0 Å². The van der Waals surface area contributed by atoms with E-state index >= 15 is 0 Å². The molecule has 0 aliphatic heterocycles. The second-order valence-corrected chi connectivity index (χ2v) is 4.43. The molecule has 0 aromatic heterocycles. The molecule has 0 aromatic rings. The van der Waals surface area contributed by atoms with Gasteiger partial charge in [0.1, 0.15) is 5.76 Å². The summed E-state index contributed by atoms with van der Waals surface area (Å²) in [5.74, 6) is 1.42. The maximum atomic E-state index is 5.36. The van der Waals surface area contributed by atoms with Crippen molar-refractivity contribution in [1.29, 1.82) is 0 Å². The zero-order valence-electron chi connectivity index (χ0n) is 10.7. The summed E-state index contributed by atoms with van der Waals surface area (Å²) in [6.07, 6.45) is 5.45. The van der Waals surface area contributed by atoms with Crippen molar-refractivity contribution in [2.45, 2.75) is 13.8 Å². The number of rotatable bonds is 8. The molecule has 0 radical (unpaired) electrons. The lowest BCUT2D eigenvalue weighted by atomic mass is 10.3. The Labute approximate surface area is 111 Å². The third kappa shape index (κ3) is 10.1. The molecule has 17 heavy (non-hydrogen) atoms. The highest BCUT2D eigenvalue weighted by Crippen LogP contribution is 2.10. The van der Waals surface area contributed by atoms with Gasteiger partial charge in [-0.15, -0.1) is 0 Å². The van der Waals surface area contributed by atoms with Gasteiger partial charge in [0.05, 0.1) is 5.76 Å². The molecule has 4 nitrogen and oxygen atoms in total. The van der Waals surface area contributed by atoms with Crippen LogP contribution in [0.15, 0.2) is 34.2 Å². The Hall–Kier alpha value is -0.780. The van der Waals surface area contributed by atoms with E-state index in [1.54, 1.807) is 26.4 Å². The van der Waals surface area contributed by atoms with Crippen LogP contribution in [-0.2, 0) is 18.9 Å². The van der Waals surface area contributed by atoms with Gasteiger partial charge in [-0.3, -0.25) is 0 Å². The molecule has 0 aromatic carbocycles. The third-order valence-corrected chi connectivity index (χ3v) is 1.80. The molecule has 0 aliphatic rings. The maximum absolute atomic E-state index is 5.36. The minimum atomic E-state index is 0.203. The lowest BCUT2D eigenvalue weighted by molar-refractivity contribution is 0.00549. The highest BCUT2D eigenvalue weighted by Gasteiger charge is 1.94. The molecule has 0 aliphatic carbocycles. The predicted octanol–water partition coefficient (Wildman–Crippen LogP) is 3.31. The normalized spacial score (nSPS) is 13.8. The first kappa shape index (κ1) is 16.2. The van der Waals surface area contributed by atoms with Crippen LogP contribution < -0.4 is 0 Å². The number of hydrogen-bond acceptors (Lipinski definition) is 4. The highest BCUT2D eigenvalue weighted by molar-refractivity contribution is 9.11. The second kappa shape index (κ2) is 10.4. The average Bonchev–Trinajstić information content (AvgIpc) is 2.29. The van der Waals surface area contributed by atoms with Crippen molar-refractivity contribution >= 4 is 15.9 Å². The van der Waals surface area contributed by atoms with Gasteiger partial charge in [0, 0.05) is 14.2 Å². The lowest BCUT2D eigenvalue weighted by Crippen LogP contribution is -1.96. The Balaban J connectivity index is 4.50. The molecule has 0 saturated heterocycles. The van der Waals surface area contributed by atoms with Crippen LogP contribution in [0, 0.1) is 0 Å². The summed E-state index contributed by atoms with van der Waals surface area (Å²) in [7, 11) is 3.15. The van der Waals surface area contributed by atoms with Gasteiger partial charge in [-0.25, -0.2) is 0 Å². The van der Waals surface area contributed by atoms with E-state index in [-0.39, 0.29) is 13.6 Å². The van der Waals surface area contributed by atoms with E-state index in [2.05, 4.69) is 15.9 Å². The SMILES string of the molecule is COCO/C(C)=C/C=C(\C=C(/C)Br)OCOC. The lowest BCUT2D eigenvalue weighted by Gasteiger charge is -2.06. The Kier molecular flexibility index (Phi) is 9.90. The quantitative estimate of drug-likeness (QED) is 0.392. The average molecular weight is 307 g/mol. The van der Waals surface area contributed by atoms with Gasteiger partial charge < -0.3 is 18.9 Å². The molecule has 0 heterocycles. The molecule has 0 atom stereocenters. The van der Waals surface area contributed by atoms with Gasteiger partial charge in [-0.2, -0.15) is 0 Å². The van der Waals surface area contributed by atoms with Crippen LogP contribution in [0.1, 0.15) is 13.8 Å². The summed E-state index contributed by atoms with van der Waals surface area (Å²) in [5, 5.41) is 0. The van der Waals surface area contributed by atoms with Crippen molar-refractivity contribution in [1.82, 2.24) is 0 Å². The van der Waals surface area contributed by atoms with Gasteiger partial charge in [0.15, 0.2) is 13.6 Å². The molecule has 0 amide bonds. The number of allylic oxidation sites excluding steroid dienone is 5. The Morgan fingerprint density at radius 3 is 2.12 bits per heavy atom. The number of hydrogen-bond donors (Lipinski definition) is 0. The molecule has 0 unspecified atom stereocenters. The standard InChI is InChI=1S/C12H19BrO4/c1-10(13)7-12(17-9-15-4)6-5-11(2)16-8-14-3/h5-7H,8-9H2,1-4H3/b10-7+,11-5+,12-6+. The van der Waals surface area contributed by atoms with Crippen molar-refractivity contribution in [3.05, 3.63) is 34.2 Å². The van der Waals surface area contributed by atoms with Crippen molar-refractivity contribution in [2.24, 2.45) is 0 Å². The van der Waals surface area contributed by atoms with E-state index in [0.29, 0.717) is 5.76 Å². The Morgan fingerprint density at radius 1 is 1.00 bits per heavy atom. The summed E-state index contributed by atoms with van der Waals surface area (Å²) in [5.41, 5.74) is 0. The summed E-state index contributed by atoms with van der Waals surface area (Å²) in [6.45, 7) is 4.20. The van der Waals surface area contributed by atoms with E-state index in [4.69, 9.17) is 18.9 Å². The largest absolute Gasteiger partial charge is 0.472 e. The Morgan fingerprint density at radius 2 is 1.59 bits per heavy atom. The third-order valence-electron chi connectivity index (χ3n) is 1.57. The smallest absolute Gasteiger partial charge is 0.188 e. The molecule has 0 bridgehead atoms. The molecule has 0 N–H and O–H groups in total. The van der Waals surface area contributed by atoms with E-state index in [0.717, 1.165) is 10.2 Å². The fraction of sp³-hybridized carbons (Fsp3) is 0.500. The number of ether oxygens (including phenoxy) is 4. The number of halogens is 1. The summed E-state index contributed by atoms with van der Waals surface area (Å²) in [4.78, 5) is 0. The first-order valence-electron chi connectivity index (χ1n) is 5.06. The van der Waals surface area contributed by atoms with Crippen LogP contribution in [0.3, 0.4) is 0 Å². The topological polar surface area (TPSA) is 36.9 Å². The van der Waals surface area contributed by atoms with Crippen LogP contribution in [0.2, 0.25) is 0 Å². The van der Waals surface area contributed by atoms with Gasteiger partial charge in [0.25, 0.3) is 0 Å². The first-order chi connectivity index (χ1) is 8.10. The zero-order valence-corrected chi connectivity index (χ0v) is 12.2. The first-order valence-corrected chi connectivity index (χ1v) is 5.85. The van der Waals surface area contributed by atoms with Crippen LogP contribution >= 0.6 is 15.9 Å². The fourth-order valence-electron chi connectivity index (χ4n) is 0.860. The van der Waals surface area contributed by atoms with E-state index in [9.17, 15) is 0 Å². The molecular formula is C12H19BrO4. The molecule has 5 heteroatoms. The summed E-state index contributed by atoms with van der Waals surface area (Å²) in [6, 6.07) is 0. The maximum Gasteiger partial charge on any atom is 0.188 e. The van der Waals surface area contributed by atoms with Gasteiger partial charge in [-0.1, -0.05) is 15.9 Å². The zero-order chi connectivity index (χ0) is 13.1. The fourth-order valence-corrected chi connectivity index (χ4v) is 1.09. The molecule has 0 rings (SSSR count). The van der Waals surface area contributed by atoms with Gasteiger partial charge in [-0.05, 0) is 36.6 Å². The predicted molar refractivity (Wildman–Crippen MR) is 70.4 cm³/mol. The van der Waals surface area contributed by atoms with Crippen molar-refractivity contribution < 1.29 is 18.9 Å². The molecule has 0 saturated carbocycles.